The number of hydrogen-bond donors (Lipinski definition) is 0. The number of hydrogen-bond acceptors (Lipinski definition) is 6. The van der Waals surface area contributed by atoms with Crippen LogP contribution in [0.1, 0.15) is 42.7 Å². The Morgan fingerprint density at radius 1 is 1.08 bits per heavy atom. The van der Waals surface area contributed by atoms with Crippen LogP contribution in [-0.2, 0) is 16.6 Å². The van der Waals surface area contributed by atoms with Crippen molar-refractivity contribution < 1.29 is 12.8 Å². The minimum absolute atomic E-state index is 0.205. The highest BCUT2D eigenvalue weighted by atomic mass is 32.2. The first-order chi connectivity index (χ1) is 12.3. The molecule has 1 aromatic heterocycles. The van der Waals surface area contributed by atoms with Gasteiger partial charge in [-0.15, -0.1) is 10.2 Å². The van der Waals surface area contributed by atoms with Gasteiger partial charge in [0.15, 0.2) is 0 Å². The number of piperazine rings is 1. The van der Waals surface area contributed by atoms with Gasteiger partial charge in [-0.1, -0.05) is 19.9 Å². The highest BCUT2D eigenvalue weighted by molar-refractivity contribution is 7.89. The van der Waals surface area contributed by atoms with Crippen molar-refractivity contribution in [2.45, 2.75) is 45.1 Å². The molecule has 2 heterocycles. The lowest BCUT2D eigenvalue weighted by atomic mass is 10.1. The van der Waals surface area contributed by atoms with Gasteiger partial charge in [-0.05, 0) is 37.1 Å². The first kappa shape index (κ1) is 19.0. The van der Waals surface area contributed by atoms with Gasteiger partial charge in [0.05, 0.1) is 11.4 Å². The van der Waals surface area contributed by atoms with E-state index < -0.39 is 10.0 Å². The Kier molecular flexibility index (Phi) is 5.45. The zero-order chi connectivity index (χ0) is 18.9. The molecule has 0 unspecified atom stereocenters. The third kappa shape index (κ3) is 3.97. The average molecular weight is 378 g/mol. The average Bonchev–Trinajstić information content (AvgIpc) is 3.06. The molecule has 26 heavy (non-hydrogen) atoms. The second kappa shape index (κ2) is 7.46. The van der Waals surface area contributed by atoms with E-state index >= 15 is 0 Å². The van der Waals surface area contributed by atoms with Crippen LogP contribution in [-0.4, -0.2) is 54.0 Å². The monoisotopic (exact) mass is 378 g/mol. The molecule has 0 N–H and O–H groups in total. The molecular formula is C18H26N4O3S. The number of nitrogens with zero attached hydrogens (tertiary/aromatic N) is 4. The topological polar surface area (TPSA) is 79.5 Å². The van der Waals surface area contributed by atoms with Crippen LogP contribution < -0.4 is 0 Å². The second-order valence-corrected chi connectivity index (χ2v) is 9.05. The maximum Gasteiger partial charge on any atom is 0.243 e. The molecule has 0 saturated carbocycles. The van der Waals surface area contributed by atoms with E-state index in [4.69, 9.17) is 4.42 Å². The fourth-order valence-electron chi connectivity index (χ4n) is 2.91. The normalized spacial score (nSPS) is 17.1. The van der Waals surface area contributed by atoms with Crippen molar-refractivity contribution in [3.05, 3.63) is 41.1 Å². The standard InChI is InChI=1S/C18H26N4O3S/c1-13(2)18-20-19-17(25-18)12-21-7-9-22(10-8-21)26(23,24)16-6-5-14(3)15(4)11-16/h5-6,11,13H,7-10,12H2,1-4H3. The van der Waals surface area contributed by atoms with Crippen molar-refractivity contribution in [2.75, 3.05) is 26.2 Å². The Morgan fingerprint density at radius 3 is 2.35 bits per heavy atom. The predicted octanol–water partition coefficient (Wildman–Crippen LogP) is 2.32. The van der Waals surface area contributed by atoms with Crippen LogP contribution in [0.3, 0.4) is 0 Å². The number of benzene rings is 1. The number of aryl methyl sites for hydroxylation is 2. The summed E-state index contributed by atoms with van der Waals surface area (Å²) in [6.45, 7) is 10.7. The Bertz CT molecular complexity index is 868. The largest absolute Gasteiger partial charge is 0.424 e. The smallest absolute Gasteiger partial charge is 0.243 e. The molecule has 1 fully saturated rings. The number of aromatic nitrogens is 2. The summed E-state index contributed by atoms with van der Waals surface area (Å²) in [4.78, 5) is 2.51. The van der Waals surface area contributed by atoms with Crippen molar-refractivity contribution in [1.29, 1.82) is 0 Å². The van der Waals surface area contributed by atoms with Crippen molar-refractivity contribution in [1.82, 2.24) is 19.4 Å². The fourth-order valence-corrected chi connectivity index (χ4v) is 4.41. The zero-order valence-corrected chi connectivity index (χ0v) is 16.6. The molecule has 8 heteroatoms. The van der Waals surface area contributed by atoms with Crippen LogP contribution in [0.15, 0.2) is 27.5 Å². The fraction of sp³-hybridized carbons (Fsp3) is 0.556. The summed E-state index contributed by atoms with van der Waals surface area (Å²) >= 11 is 0. The quantitative estimate of drug-likeness (QED) is 0.794. The van der Waals surface area contributed by atoms with Crippen LogP contribution in [0, 0.1) is 13.8 Å². The molecule has 0 spiro atoms. The SMILES string of the molecule is Cc1ccc(S(=O)(=O)N2CCN(Cc3nnc(C(C)C)o3)CC2)cc1C. The summed E-state index contributed by atoms with van der Waals surface area (Å²) in [7, 11) is -3.45. The zero-order valence-electron chi connectivity index (χ0n) is 15.8. The second-order valence-electron chi connectivity index (χ2n) is 7.12. The Hall–Kier alpha value is -1.77. The number of rotatable bonds is 5. The lowest BCUT2D eigenvalue weighted by Crippen LogP contribution is -2.48. The van der Waals surface area contributed by atoms with Gasteiger partial charge in [-0.25, -0.2) is 8.42 Å². The molecule has 0 aliphatic carbocycles. The number of sulfonamides is 1. The Morgan fingerprint density at radius 2 is 1.77 bits per heavy atom. The maximum absolute atomic E-state index is 12.9. The Balaban J connectivity index is 1.62. The van der Waals surface area contributed by atoms with Crippen molar-refractivity contribution >= 4 is 10.0 Å². The molecular weight excluding hydrogens is 352 g/mol. The lowest BCUT2D eigenvalue weighted by molar-refractivity contribution is 0.167. The molecule has 0 amide bonds. The van der Waals surface area contributed by atoms with E-state index in [-0.39, 0.29) is 5.92 Å². The summed E-state index contributed by atoms with van der Waals surface area (Å²) in [6.07, 6.45) is 0. The van der Waals surface area contributed by atoms with Gasteiger partial charge in [0.1, 0.15) is 0 Å². The van der Waals surface area contributed by atoms with E-state index in [9.17, 15) is 8.42 Å². The van der Waals surface area contributed by atoms with Gasteiger partial charge in [0.25, 0.3) is 0 Å². The molecule has 142 valence electrons. The van der Waals surface area contributed by atoms with Gasteiger partial charge in [0.2, 0.25) is 21.8 Å². The molecule has 1 aliphatic rings. The first-order valence-corrected chi connectivity index (χ1v) is 10.3. The van der Waals surface area contributed by atoms with Gasteiger partial charge >= 0.3 is 0 Å². The summed E-state index contributed by atoms with van der Waals surface area (Å²) in [6, 6.07) is 5.30. The van der Waals surface area contributed by atoms with E-state index in [1.165, 1.54) is 0 Å². The molecule has 1 aromatic carbocycles. The summed E-state index contributed by atoms with van der Waals surface area (Å²) in [5.41, 5.74) is 2.08. The molecule has 1 saturated heterocycles. The summed E-state index contributed by atoms with van der Waals surface area (Å²) in [5, 5.41) is 8.12. The lowest BCUT2D eigenvalue weighted by Gasteiger charge is -2.33. The van der Waals surface area contributed by atoms with E-state index in [1.54, 1.807) is 16.4 Å². The van der Waals surface area contributed by atoms with Crippen molar-refractivity contribution in [3.63, 3.8) is 0 Å². The van der Waals surface area contributed by atoms with Gasteiger partial charge in [-0.3, -0.25) is 4.90 Å². The molecule has 0 bridgehead atoms. The third-order valence-electron chi connectivity index (χ3n) is 4.78. The molecule has 7 nitrogen and oxygen atoms in total. The molecule has 0 atom stereocenters. The van der Waals surface area contributed by atoms with Crippen LogP contribution in [0.4, 0.5) is 0 Å². The highest BCUT2D eigenvalue weighted by Crippen LogP contribution is 2.21. The minimum Gasteiger partial charge on any atom is -0.424 e. The minimum atomic E-state index is -3.45. The maximum atomic E-state index is 12.9. The van der Waals surface area contributed by atoms with Crippen molar-refractivity contribution in [3.8, 4) is 0 Å². The van der Waals surface area contributed by atoms with Crippen LogP contribution in [0.25, 0.3) is 0 Å². The molecule has 2 aromatic rings. The summed E-state index contributed by atoms with van der Waals surface area (Å²) < 4.78 is 32.9. The molecule has 3 rings (SSSR count). The van der Waals surface area contributed by atoms with Crippen LogP contribution in [0.5, 0.6) is 0 Å². The predicted molar refractivity (Wildman–Crippen MR) is 98.3 cm³/mol. The highest BCUT2D eigenvalue weighted by Gasteiger charge is 2.29. The molecule has 1 aliphatic heterocycles. The summed E-state index contributed by atoms with van der Waals surface area (Å²) in [5.74, 6) is 1.42. The van der Waals surface area contributed by atoms with Gasteiger partial charge in [0, 0.05) is 32.1 Å². The Labute approximate surface area is 155 Å². The van der Waals surface area contributed by atoms with Crippen LogP contribution in [0.2, 0.25) is 0 Å². The van der Waals surface area contributed by atoms with Crippen molar-refractivity contribution in [2.24, 2.45) is 0 Å². The third-order valence-corrected chi connectivity index (χ3v) is 6.68. The van der Waals surface area contributed by atoms with E-state index in [0.717, 1.165) is 11.1 Å². The first-order valence-electron chi connectivity index (χ1n) is 8.89. The van der Waals surface area contributed by atoms with E-state index in [0.29, 0.717) is 49.4 Å². The molecule has 0 radical (unpaired) electrons. The van der Waals surface area contributed by atoms with E-state index in [1.807, 2.05) is 33.8 Å². The van der Waals surface area contributed by atoms with E-state index in [2.05, 4.69) is 15.1 Å². The van der Waals surface area contributed by atoms with Crippen LogP contribution >= 0.6 is 0 Å². The van der Waals surface area contributed by atoms with Gasteiger partial charge < -0.3 is 4.42 Å². The van der Waals surface area contributed by atoms with Gasteiger partial charge in [-0.2, -0.15) is 4.31 Å².